The van der Waals surface area contributed by atoms with Crippen LogP contribution in [0.15, 0.2) is 24.4 Å². The fraction of sp³-hybridized carbons (Fsp3) is 0.333. The maximum absolute atomic E-state index is 8.48. The van der Waals surface area contributed by atoms with Crippen molar-refractivity contribution in [3.63, 3.8) is 0 Å². The number of halogens is 2. The van der Waals surface area contributed by atoms with E-state index in [-0.39, 0.29) is 12.5 Å². The van der Waals surface area contributed by atoms with E-state index in [1.807, 2.05) is 0 Å². The van der Waals surface area contributed by atoms with Gasteiger partial charge in [-0.1, -0.05) is 6.07 Å². The average molecular weight is 315 g/mol. The first-order valence-electron chi connectivity index (χ1n) is 4.31. The van der Waals surface area contributed by atoms with Gasteiger partial charge < -0.3 is 9.84 Å². The summed E-state index contributed by atoms with van der Waals surface area (Å²) >= 11 is 0.757. The van der Waals surface area contributed by atoms with Crippen LogP contribution in [0.4, 0.5) is 0 Å². The van der Waals surface area contributed by atoms with Crippen LogP contribution >= 0.6 is 20.2 Å². The summed E-state index contributed by atoms with van der Waals surface area (Å²) in [4.78, 5) is 3.95. The third-order valence-electron chi connectivity index (χ3n) is 1.45. The van der Waals surface area contributed by atoms with Crippen LogP contribution < -0.4 is 0 Å². The number of ether oxygens (including phenoxy) is 1. The Morgan fingerprint density at radius 1 is 1.50 bits per heavy atom. The number of aliphatic hydroxyl groups is 1. The Bertz CT molecular complexity index is 288. The predicted molar refractivity (Wildman–Crippen MR) is 60.4 cm³/mol. The molecule has 1 aromatic rings. The summed E-state index contributed by atoms with van der Waals surface area (Å²) in [7, 11) is 9.34. The Kier molecular flexibility index (Phi) is 10.9. The SMILES string of the molecule is N=C(OCCCO)c1ccccn1.[Cl][Cu][Cl]. The number of hydrogen-bond donors (Lipinski definition) is 2. The molecule has 0 aliphatic carbocycles. The normalized spacial score (nSPS) is 9.19. The molecule has 0 fully saturated rings. The van der Waals surface area contributed by atoms with Crippen molar-refractivity contribution >= 4 is 26.1 Å². The second-order valence-electron chi connectivity index (χ2n) is 2.51. The molecule has 0 saturated heterocycles. The summed E-state index contributed by atoms with van der Waals surface area (Å²) < 4.78 is 5.03. The zero-order valence-electron chi connectivity index (χ0n) is 8.29. The Morgan fingerprint density at radius 3 is 2.69 bits per heavy atom. The van der Waals surface area contributed by atoms with E-state index in [0.717, 1.165) is 13.1 Å². The van der Waals surface area contributed by atoms with Gasteiger partial charge in [0.2, 0.25) is 5.90 Å². The van der Waals surface area contributed by atoms with Crippen LogP contribution in [0.2, 0.25) is 0 Å². The van der Waals surface area contributed by atoms with Crippen LogP contribution in [0.1, 0.15) is 12.1 Å². The van der Waals surface area contributed by atoms with E-state index < -0.39 is 0 Å². The first-order valence-corrected chi connectivity index (χ1v) is 6.90. The Hall–Kier alpha value is -0.321. The van der Waals surface area contributed by atoms with Crippen molar-refractivity contribution in [1.29, 1.82) is 5.41 Å². The number of aliphatic hydroxyl groups excluding tert-OH is 1. The molecular formula is C9H12Cl2CuN2O2. The minimum absolute atomic E-state index is 0.0500. The summed E-state index contributed by atoms with van der Waals surface area (Å²) in [6.07, 6.45) is 2.15. The summed E-state index contributed by atoms with van der Waals surface area (Å²) in [5, 5.41) is 15.9. The first-order chi connectivity index (χ1) is 7.76. The van der Waals surface area contributed by atoms with Crippen LogP contribution in [-0.2, 0) is 17.9 Å². The molecule has 4 nitrogen and oxygen atoms in total. The van der Waals surface area contributed by atoms with Gasteiger partial charge in [-0.2, -0.15) is 0 Å². The monoisotopic (exact) mass is 313 g/mol. The van der Waals surface area contributed by atoms with Crippen LogP contribution in [0, 0.1) is 5.41 Å². The van der Waals surface area contributed by atoms with Crippen LogP contribution in [0.25, 0.3) is 0 Å². The van der Waals surface area contributed by atoms with Crippen molar-refractivity contribution in [2.75, 3.05) is 13.2 Å². The summed E-state index contributed by atoms with van der Waals surface area (Å²) in [6, 6.07) is 5.29. The summed E-state index contributed by atoms with van der Waals surface area (Å²) in [5.74, 6) is 0.0500. The Morgan fingerprint density at radius 2 is 2.19 bits per heavy atom. The number of nitrogens with one attached hydrogen (secondary N) is 1. The molecule has 1 aromatic heterocycles. The molecule has 0 aliphatic heterocycles. The van der Waals surface area contributed by atoms with Gasteiger partial charge in [0.15, 0.2) is 0 Å². The standard InChI is InChI=1S/C9H12N2O2.2ClH.Cu/c10-9(13-7-3-6-12)8-4-1-2-5-11-8;;;/h1-2,4-5,10,12H,3,6-7H2;2*1H;/q;;;+2/p-2. The number of nitrogens with zero attached hydrogens (tertiary/aromatic N) is 1. The van der Waals surface area contributed by atoms with Crippen LogP contribution in [0.5, 0.6) is 0 Å². The molecule has 0 spiro atoms. The molecule has 0 aromatic carbocycles. The predicted octanol–water partition coefficient (Wildman–Crippen LogP) is 2.18. The zero-order chi connectivity index (χ0) is 12.2. The third kappa shape index (κ3) is 7.91. The van der Waals surface area contributed by atoms with E-state index in [4.69, 9.17) is 15.3 Å². The molecule has 0 aliphatic rings. The molecule has 0 amide bonds. The molecule has 0 saturated carbocycles. The fourth-order valence-electron chi connectivity index (χ4n) is 0.810. The van der Waals surface area contributed by atoms with Crippen LogP contribution in [-0.4, -0.2) is 29.2 Å². The molecule has 2 N–H and O–H groups in total. The van der Waals surface area contributed by atoms with Gasteiger partial charge in [-0.15, -0.1) is 0 Å². The van der Waals surface area contributed by atoms with Crippen molar-refractivity contribution < 1.29 is 23.0 Å². The molecule has 16 heavy (non-hydrogen) atoms. The molecule has 0 radical (unpaired) electrons. The van der Waals surface area contributed by atoms with Gasteiger partial charge >= 0.3 is 33.3 Å². The number of rotatable bonds is 4. The summed E-state index contributed by atoms with van der Waals surface area (Å²) in [5.41, 5.74) is 0.514. The summed E-state index contributed by atoms with van der Waals surface area (Å²) in [6.45, 7) is 0.432. The second kappa shape index (κ2) is 11.2. The number of aromatic nitrogens is 1. The van der Waals surface area contributed by atoms with Gasteiger partial charge in [-0.05, 0) is 12.1 Å². The van der Waals surface area contributed by atoms with Crippen molar-refractivity contribution in [2.45, 2.75) is 6.42 Å². The maximum atomic E-state index is 8.48. The first kappa shape index (κ1) is 15.7. The molecule has 95 valence electrons. The molecule has 1 rings (SSSR count). The van der Waals surface area contributed by atoms with E-state index in [1.54, 1.807) is 24.4 Å². The van der Waals surface area contributed by atoms with E-state index >= 15 is 0 Å². The van der Waals surface area contributed by atoms with Crippen molar-refractivity contribution in [3.8, 4) is 0 Å². The second-order valence-corrected chi connectivity index (χ2v) is 4.07. The number of hydrogen-bond acceptors (Lipinski definition) is 4. The van der Waals surface area contributed by atoms with E-state index in [1.165, 1.54) is 0 Å². The molecule has 1 heterocycles. The van der Waals surface area contributed by atoms with Crippen LogP contribution in [0.3, 0.4) is 0 Å². The fourth-order valence-corrected chi connectivity index (χ4v) is 0.810. The van der Waals surface area contributed by atoms with Gasteiger partial charge in [0.25, 0.3) is 0 Å². The van der Waals surface area contributed by atoms with E-state index in [9.17, 15) is 0 Å². The Balaban J connectivity index is 0.000000673. The number of pyridine rings is 1. The minimum atomic E-state index is 0.0500. The van der Waals surface area contributed by atoms with Gasteiger partial charge in [0.05, 0.1) is 6.61 Å². The average Bonchev–Trinajstić information content (AvgIpc) is 2.31. The molecular weight excluding hydrogens is 303 g/mol. The topological polar surface area (TPSA) is 66.2 Å². The third-order valence-corrected chi connectivity index (χ3v) is 1.45. The molecule has 0 unspecified atom stereocenters. The van der Waals surface area contributed by atoms with Gasteiger partial charge in [-0.3, -0.25) is 10.4 Å². The molecule has 0 bridgehead atoms. The quantitative estimate of drug-likeness (QED) is 0.387. The Labute approximate surface area is 109 Å². The van der Waals surface area contributed by atoms with Crippen molar-refractivity contribution in [3.05, 3.63) is 30.1 Å². The molecule has 7 heteroatoms. The van der Waals surface area contributed by atoms with Gasteiger partial charge in [0, 0.05) is 19.2 Å². The van der Waals surface area contributed by atoms with Crippen molar-refractivity contribution in [1.82, 2.24) is 4.98 Å². The van der Waals surface area contributed by atoms with E-state index in [0.29, 0.717) is 18.7 Å². The van der Waals surface area contributed by atoms with Gasteiger partial charge in [0.1, 0.15) is 5.69 Å². The van der Waals surface area contributed by atoms with Crippen molar-refractivity contribution in [2.24, 2.45) is 0 Å². The van der Waals surface area contributed by atoms with Gasteiger partial charge in [-0.25, -0.2) is 0 Å². The molecule has 0 atom stereocenters. The zero-order valence-corrected chi connectivity index (χ0v) is 10.7. The van der Waals surface area contributed by atoms with E-state index in [2.05, 4.69) is 25.2 Å².